The largest absolute Gasteiger partial charge is 0.393 e. The lowest BCUT2D eigenvalue weighted by Crippen LogP contribution is -2.37. The fourth-order valence-corrected chi connectivity index (χ4v) is 4.76. The maximum absolute atomic E-state index is 10.6. The number of aliphatic hydroxyl groups excluding tert-OH is 1. The Balaban J connectivity index is 1.61. The van der Waals surface area contributed by atoms with Crippen LogP contribution in [0.5, 0.6) is 0 Å². The normalized spacial score (nSPS) is 30.9. The van der Waals surface area contributed by atoms with Crippen molar-refractivity contribution in [3.8, 4) is 0 Å². The van der Waals surface area contributed by atoms with Gasteiger partial charge in [0.05, 0.1) is 6.10 Å². The first-order valence-electron chi connectivity index (χ1n) is 9.71. The number of nitrogens with one attached hydrogen (secondary N) is 1. The van der Waals surface area contributed by atoms with Crippen molar-refractivity contribution in [2.75, 3.05) is 13.1 Å². The highest BCUT2D eigenvalue weighted by molar-refractivity contribution is 4.88. The minimum atomic E-state index is -0.0144. The Morgan fingerprint density at radius 3 is 2.62 bits per heavy atom. The number of unbranched alkanes of at least 4 members (excludes halogenated alkanes) is 2. The molecule has 2 saturated carbocycles. The lowest BCUT2D eigenvalue weighted by molar-refractivity contribution is -0.00168. The Bertz CT molecular complexity index is 266. The lowest BCUT2D eigenvalue weighted by atomic mass is 9.63. The minimum Gasteiger partial charge on any atom is -0.393 e. The Labute approximate surface area is 132 Å². The van der Waals surface area contributed by atoms with Gasteiger partial charge in [-0.25, -0.2) is 0 Å². The van der Waals surface area contributed by atoms with Crippen molar-refractivity contribution in [1.82, 2.24) is 5.32 Å². The first kappa shape index (κ1) is 17.3. The fourth-order valence-electron chi connectivity index (χ4n) is 4.76. The number of aliphatic hydroxyl groups is 1. The fraction of sp³-hybridized carbons (Fsp3) is 1.00. The van der Waals surface area contributed by atoms with E-state index in [1.165, 1.54) is 70.6 Å². The SMILES string of the molecule is CCCNCCCCCC(O)C1CCCC2CCCCC21. The molecule has 21 heavy (non-hydrogen) atoms. The molecule has 2 heteroatoms. The van der Waals surface area contributed by atoms with Crippen LogP contribution in [0.1, 0.15) is 84.0 Å². The first-order chi connectivity index (χ1) is 10.3. The van der Waals surface area contributed by atoms with Crippen LogP contribution in [-0.2, 0) is 0 Å². The summed E-state index contributed by atoms with van der Waals surface area (Å²) in [4.78, 5) is 0. The Morgan fingerprint density at radius 2 is 1.76 bits per heavy atom. The van der Waals surface area contributed by atoms with Gasteiger partial charge in [-0.2, -0.15) is 0 Å². The van der Waals surface area contributed by atoms with Crippen LogP contribution in [0.2, 0.25) is 0 Å². The third-order valence-electron chi connectivity index (χ3n) is 5.90. The van der Waals surface area contributed by atoms with Gasteiger partial charge in [0, 0.05) is 0 Å². The molecule has 0 aromatic rings. The van der Waals surface area contributed by atoms with E-state index in [-0.39, 0.29) is 6.10 Å². The van der Waals surface area contributed by atoms with Crippen LogP contribution in [0.3, 0.4) is 0 Å². The van der Waals surface area contributed by atoms with Gasteiger partial charge in [0.1, 0.15) is 0 Å². The van der Waals surface area contributed by atoms with E-state index in [4.69, 9.17) is 0 Å². The average Bonchev–Trinajstić information content (AvgIpc) is 2.53. The molecule has 0 radical (unpaired) electrons. The van der Waals surface area contributed by atoms with E-state index in [0.717, 1.165) is 31.3 Å². The smallest absolute Gasteiger partial charge is 0.0571 e. The molecule has 0 saturated heterocycles. The van der Waals surface area contributed by atoms with E-state index >= 15 is 0 Å². The van der Waals surface area contributed by atoms with Gasteiger partial charge in [0.2, 0.25) is 0 Å². The van der Waals surface area contributed by atoms with Gasteiger partial charge < -0.3 is 10.4 Å². The van der Waals surface area contributed by atoms with Gasteiger partial charge in [0.25, 0.3) is 0 Å². The van der Waals surface area contributed by atoms with Crippen LogP contribution in [0.15, 0.2) is 0 Å². The van der Waals surface area contributed by atoms with Gasteiger partial charge in [-0.3, -0.25) is 0 Å². The van der Waals surface area contributed by atoms with E-state index < -0.39 is 0 Å². The molecule has 2 fully saturated rings. The number of hydrogen-bond acceptors (Lipinski definition) is 2. The molecule has 2 aliphatic carbocycles. The topological polar surface area (TPSA) is 32.3 Å². The second kappa shape index (κ2) is 9.84. The van der Waals surface area contributed by atoms with Crippen LogP contribution >= 0.6 is 0 Å². The van der Waals surface area contributed by atoms with Crippen molar-refractivity contribution in [3.63, 3.8) is 0 Å². The lowest BCUT2D eigenvalue weighted by Gasteiger charge is -2.43. The van der Waals surface area contributed by atoms with Gasteiger partial charge in [-0.15, -0.1) is 0 Å². The quantitative estimate of drug-likeness (QED) is 0.613. The molecule has 2 rings (SSSR count). The highest BCUT2D eigenvalue weighted by Gasteiger charge is 2.37. The summed E-state index contributed by atoms with van der Waals surface area (Å²) in [5, 5.41) is 14.1. The monoisotopic (exact) mass is 295 g/mol. The summed E-state index contributed by atoms with van der Waals surface area (Å²) >= 11 is 0. The van der Waals surface area contributed by atoms with Gasteiger partial charge in [0.15, 0.2) is 0 Å². The van der Waals surface area contributed by atoms with Crippen LogP contribution < -0.4 is 5.32 Å². The molecule has 2 aliphatic rings. The summed E-state index contributed by atoms with van der Waals surface area (Å²) in [5.74, 6) is 2.43. The molecular formula is C19H37NO. The number of rotatable bonds is 9. The maximum Gasteiger partial charge on any atom is 0.0571 e. The molecule has 0 spiro atoms. The zero-order chi connectivity index (χ0) is 14.9. The first-order valence-corrected chi connectivity index (χ1v) is 9.71. The van der Waals surface area contributed by atoms with Crippen molar-refractivity contribution in [1.29, 1.82) is 0 Å². The molecule has 0 amide bonds. The molecule has 0 aliphatic heterocycles. The second-order valence-corrected chi connectivity index (χ2v) is 7.47. The van der Waals surface area contributed by atoms with Crippen LogP contribution in [-0.4, -0.2) is 24.3 Å². The zero-order valence-corrected chi connectivity index (χ0v) is 14.2. The molecule has 0 aromatic heterocycles. The molecular weight excluding hydrogens is 258 g/mol. The number of fused-ring (bicyclic) bond motifs is 1. The molecule has 124 valence electrons. The average molecular weight is 296 g/mol. The third kappa shape index (κ3) is 5.56. The van der Waals surface area contributed by atoms with Crippen molar-refractivity contribution in [2.24, 2.45) is 17.8 Å². The molecule has 2 nitrogen and oxygen atoms in total. The summed E-state index contributed by atoms with van der Waals surface area (Å²) in [7, 11) is 0. The number of hydrogen-bond donors (Lipinski definition) is 2. The van der Waals surface area contributed by atoms with Crippen LogP contribution in [0.25, 0.3) is 0 Å². The summed E-state index contributed by atoms with van der Waals surface area (Å²) in [5.41, 5.74) is 0. The van der Waals surface area contributed by atoms with Gasteiger partial charge in [-0.1, -0.05) is 51.9 Å². The van der Waals surface area contributed by atoms with Gasteiger partial charge in [-0.05, 0) is 62.9 Å². The molecule has 0 heterocycles. The van der Waals surface area contributed by atoms with Crippen molar-refractivity contribution >= 4 is 0 Å². The summed E-state index contributed by atoms with van der Waals surface area (Å²) in [6.07, 6.45) is 15.8. The summed E-state index contributed by atoms with van der Waals surface area (Å²) in [6, 6.07) is 0. The van der Waals surface area contributed by atoms with E-state index in [1.54, 1.807) is 0 Å². The Kier molecular flexibility index (Phi) is 8.10. The van der Waals surface area contributed by atoms with E-state index in [9.17, 15) is 5.11 Å². The molecule has 0 aromatic carbocycles. The second-order valence-electron chi connectivity index (χ2n) is 7.47. The molecule has 2 N–H and O–H groups in total. The molecule has 4 atom stereocenters. The highest BCUT2D eigenvalue weighted by atomic mass is 16.3. The van der Waals surface area contributed by atoms with Crippen LogP contribution in [0.4, 0.5) is 0 Å². The Hall–Kier alpha value is -0.0800. The zero-order valence-electron chi connectivity index (χ0n) is 14.2. The highest BCUT2D eigenvalue weighted by Crippen LogP contribution is 2.45. The van der Waals surface area contributed by atoms with Crippen molar-refractivity contribution in [2.45, 2.75) is 90.1 Å². The molecule has 0 bridgehead atoms. The standard InChI is InChI=1S/C19H37NO/c1-2-14-20-15-7-3-4-13-19(21)18-12-8-10-16-9-5-6-11-17(16)18/h16-21H,2-15H2,1H3. The summed E-state index contributed by atoms with van der Waals surface area (Å²) in [6.45, 7) is 4.51. The van der Waals surface area contributed by atoms with Crippen molar-refractivity contribution in [3.05, 3.63) is 0 Å². The predicted molar refractivity (Wildman–Crippen MR) is 90.4 cm³/mol. The third-order valence-corrected chi connectivity index (χ3v) is 5.90. The molecule has 4 unspecified atom stereocenters. The predicted octanol–water partition coefficient (Wildman–Crippen LogP) is 4.51. The van der Waals surface area contributed by atoms with Gasteiger partial charge >= 0.3 is 0 Å². The van der Waals surface area contributed by atoms with Crippen LogP contribution in [0, 0.1) is 17.8 Å². The van der Waals surface area contributed by atoms with E-state index in [0.29, 0.717) is 5.92 Å². The summed E-state index contributed by atoms with van der Waals surface area (Å²) < 4.78 is 0. The maximum atomic E-state index is 10.6. The van der Waals surface area contributed by atoms with Crippen molar-refractivity contribution < 1.29 is 5.11 Å². The minimum absolute atomic E-state index is 0.0144. The van der Waals surface area contributed by atoms with E-state index in [1.807, 2.05) is 0 Å². The van der Waals surface area contributed by atoms with E-state index in [2.05, 4.69) is 12.2 Å². The Morgan fingerprint density at radius 1 is 0.952 bits per heavy atom.